The summed E-state index contributed by atoms with van der Waals surface area (Å²) in [4.78, 5) is 4.65. The summed E-state index contributed by atoms with van der Waals surface area (Å²) < 4.78 is 3.11. The molecule has 0 spiro atoms. The highest BCUT2D eigenvalue weighted by Gasteiger charge is 2.10. The Kier molecular flexibility index (Phi) is 2.88. The van der Waals surface area contributed by atoms with Crippen LogP contribution >= 0.6 is 27.5 Å². The van der Waals surface area contributed by atoms with E-state index in [1.807, 2.05) is 42.6 Å². The van der Waals surface area contributed by atoms with Gasteiger partial charge in [-0.2, -0.15) is 0 Å². The van der Waals surface area contributed by atoms with Gasteiger partial charge in [0.2, 0.25) is 0 Å². The van der Waals surface area contributed by atoms with Gasteiger partial charge in [0, 0.05) is 26.9 Å². The zero-order valence-electron chi connectivity index (χ0n) is 9.69. The van der Waals surface area contributed by atoms with Crippen LogP contribution < -0.4 is 0 Å². The Labute approximate surface area is 118 Å². The maximum Gasteiger partial charge on any atom is 0.137 e. The summed E-state index contributed by atoms with van der Waals surface area (Å²) in [7, 11) is 0. The Balaban J connectivity index is 2.27. The van der Waals surface area contributed by atoms with Crippen LogP contribution in [0.3, 0.4) is 0 Å². The Bertz CT molecular complexity index is 734. The molecule has 0 amide bonds. The molecule has 3 rings (SSSR count). The topological polar surface area (TPSA) is 17.3 Å². The summed E-state index contributed by atoms with van der Waals surface area (Å²) in [6.45, 7) is 2.06. The molecule has 2 heterocycles. The average molecular weight is 322 g/mol. The number of hydrogen-bond acceptors (Lipinski definition) is 1. The van der Waals surface area contributed by atoms with Crippen LogP contribution in [0.5, 0.6) is 0 Å². The van der Waals surface area contributed by atoms with E-state index in [4.69, 9.17) is 11.6 Å². The van der Waals surface area contributed by atoms with Crippen LogP contribution in [0.1, 0.15) is 5.69 Å². The average Bonchev–Trinajstić information content (AvgIpc) is 2.67. The minimum atomic E-state index is 0.727. The third-order valence-electron chi connectivity index (χ3n) is 2.92. The van der Waals surface area contributed by atoms with Gasteiger partial charge in [0.25, 0.3) is 0 Å². The number of aromatic nitrogens is 2. The zero-order valence-corrected chi connectivity index (χ0v) is 12.0. The lowest BCUT2D eigenvalue weighted by Crippen LogP contribution is -1.87. The van der Waals surface area contributed by atoms with Gasteiger partial charge in [-0.15, -0.1) is 0 Å². The van der Waals surface area contributed by atoms with Crippen LogP contribution in [-0.2, 0) is 0 Å². The van der Waals surface area contributed by atoms with Gasteiger partial charge >= 0.3 is 0 Å². The molecule has 1 aromatic carbocycles. The van der Waals surface area contributed by atoms with Crippen molar-refractivity contribution in [2.75, 3.05) is 0 Å². The maximum absolute atomic E-state index is 6.03. The number of aryl methyl sites for hydroxylation is 1. The van der Waals surface area contributed by atoms with Gasteiger partial charge in [-0.3, -0.25) is 0 Å². The Morgan fingerprint density at radius 3 is 2.83 bits per heavy atom. The summed E-state index contributed by atoms with van der Waals surface area (Å²) in [5, 5.41) is 0.727. The molecule has 0 aliphatic rings. The molecule has 0 saturated carbocycles. The molecular formula is C14H10BrClN2. The molecule has 3 aromatic rings. The quantitative estimate of drug-likeness (QED) is 0.633. The van der Waals surface area contributed by atoms with E-state index >= 15 is 0 Å². The number of hydrogen-bond donors (Lipinski definition) is 0. The van der Waals surface area contributed by atoms with Crippen LogP contribution in [0.2, 0.25) is 5.02 Å². The van der Waals surface area contributed by atoms with E-state index in [2.05, 4.69) is 32.2 Å². The van der Waals surface area contributed by atoms with Crippen molar-refractivity contribution in [2.45, 2.75) is 6.92 Å². The third kappa shape index (κ3) is 1.93. The number of benzene rings is 1. The fourth-order valence-electron chi connectivity index (χ4n) is 2.05. The van der Waals surface area contributed by atoms with Gasteiger partial charge in [0.1, 0.15) is 5.65 Å². The van der Waals surface area contributed by atoms with Crippen molar-refractivity contribution >= 4 is 33.2 Å². The molecule has 0 fully saturated rings. The maximum atomic E-state index is 6.03. The molecular weight excluding hydrogens is 312 g/mol. The number of halogens is 2. The summed E-state index contributed by atoms with van der Waals surface area (Å²) in [5.74, 6) is 0. The largest absolute Gasteiger partial charge is 0.303 e. The van der Waals surface area contributed by atoms with Crippen molar-refractivity contribution in [3.05, 3.63) is 57.8 Å². The molecule has 0 aliphatic carbocycles. The molecule has 0 bridgehead atoms. The first-order chi connectivity index (χ1) is 8.65. The summed E-state index contributed by atoms with van der Waals surface area (Å²) in [6, 6.07) is 11.7. The van der Waals surface area contributed by atoms with Crippen molar-refractivity contribution in [1.29, 1.82) is 0 Å². The van der Waals surface area contributed by atoms with Gasteiger partial charge in [-0.25, -0.2) is 4.98 Å². The smallest absolute Gasteiger partial charge is 0.137 e. The fourth-order valence-corrected chi connectivity index (χ4v) is 2.57. The van der Waals surface area contributed by atoms with Gasteiger partial charge in [0.15, 0.2) is 0 Å². The zero-order chi connectivity index (χ0) is 12.7. The lowest BCUT2D eigenvalue weighted by molar-refractivity contribution is 1.10. The van der Waals surface area contributed by atoms with E-state index in [0.717, 1.165) is 32.1 Å². The van der Waals surface area contributed by atoms with E-state index in [1.54, 1.807) is 0 Å². The van der Waals surface area contributed by atoms with E-state index in [-0.39, 0.29) is 0 Å². The van der Waals surface area contributed by atoms with Crippen molar-refractivity contribution in [3.8, 4) is 11.3 Å². The van der Waals surface area contributed by atoms with Crippen molar-refractivity contribution < 1.29 is 0 Å². The Morgan fingerprint density at radius 1 is 1.22 bits per heavy atom. The fraction of sp³-hybridized carbons (Fsp3) is 0.0714. The predicted octanol–water partition coefficient (Wildman–Crippen LogP) is 4.73. The van der Waals surface area contributed by atoms with E-state index < -0.39 is 0 Å². The molecule has 0 aliphatic heterocycles. The van der Waals surface area contributed by atoms with Crippen molar-refractivity contribution in [1.82, 2.24) is 9.38 Å². The number of fused-ring (bicyclic) bond motifs is 1. The SMILES string of the molecule is Cc1c(-c2cccc(Cl)c2)nc2ccc(Br)cn12. The lowest BCUT2D eigenvalue weighted by atomic mass is 10.1. The highest BCUT2D eigenvalue weighted by atomic mass is 79.9. The number of nitrogens with zero attached hydrogens (tertiary/aromatic N) is 2. The van der Waals surface area contributed by atoms with Crippen molar-refractivity contribution in [3.63, 3.8) is 0 Å². The van der Waals surface area contributed by atoms with E-state index in [9.17, 15) is 0 Å². The lowest BCUT2D eigenvalue weighted by Gasteiger charge is -2.00. The summed E-state index contributed by atoms with van der Waals surface area (Å²) >= 11 is 9.50. The molecule has 18 heavy (non-hydrogen) atoms. The van der Waals surface area contributed by atoms with Gasteiger partial charge in [-0.05, 0) is 47.1 Å². The monoisotopic (exact) mass is 320 g/mol. The molecule has 90 valence electrons. The highest BCUT2D eigenvalue weighted by Crippen LogP contribution is 2.26. The van der Waals surface area contributed by atoms with Gasteiger partial charge in [0.05, 0.1) is 5.69 Å². The summed E-state index contributed by atoms with van der Waals surface area (Å²) in [5.41, 5.74) is 4.05. The normalized spacial score (nSPS) is 11.1. The van der Waals surface area contributed by atoms with Gasteiger partial charge in [-0.1, -0.05) is 23.7 Å². The number of rotatable bonds is 1. The second-order valence-electron chi connectivity index (χ2n) is 4.13. The van der Waals surface area contributed by atoms with Crippen LogP contribution in [0.4, 0.5) is 0 Å². The molecule has 4 heteroatoms. The van der Waals surface area contributed by atoms with Crippen LogP contribution in [-0.4, -0.2) is 9.38 Å². The first-order valence-corrected chi connectivity index (χ1v) is 6.72. The van der Waals surface area contributed by atoms with Crippen LogP contribution in [0.15, 0.2) is 47.1 Å². The first kappa shape index (κ1) is 11.8. The molecule has 0 radical (unpaired) electrons. The molecule has 0 saturated heterocycles. The third-order valence-corrected chi connectivity index (χ3v) is 3.62. The second kappa shape index (κ2) is 4.41. The molecule has 0 atom stereocenters. The van der Waals surface area contributed by atoms with Gasteiger partial charge < -0.3 is 4.40 Å². The van der Waals surface area contributed by atoms with Crippen LogP contribution in [0.25, 0.3) is 16.9 Å². The highest BCUT2D eigenvalue weighted by molar-refractivity contribution is 9.10. The number of imidazole rings is 1. The minimum absolute atomic E-state index is 0.727. The Morgan fingerprint density at radius 2 is 2.06 bits per heavy atom. The Hall–Kier alpha value is -1.32. The second-order valence-corrected chi connectivity index (χ2v) is 5.48. The molecule has 0 N–H and O–H groups in total. The standard InChI is InChI=1S/C14H10BrClN2/c1-9-14(10-3-2-4-12(16)7-10)17-13-6-5-11(15)8-18(9)13/h2-8H,1H3. The first-order valence-electron chi connectivity index (χ1n) is 5.55. The van der Waals surface area contributed by atoms with E-state index in [0.29, 0.717) is 0 Å². The molecule has 2 nitrogen and oxygen atoms in total. The van der Waals surface area contributed by atoms with Crippen LogP contribution in [0, 0.1) is 6.92 Å². The number of pyridine rings is 1. The molecule has 2 aromatic heterocycles. The predicted molar refractivity (Wildman–Crippen MR) is 78.1 cm³/mol. The molecule has 0 unspecified atom stereocenters. The minimum Gasteiger partial charge on any atom is -0.303 e. The van der Waals surface area contributed by atoms with Crippen molar-refractivity contribution in [2.24, 2.45) is 0 Å². The summed E-state index contributed by atoms with van der Waals surface area (Å²) in [6.07, 6.45) is 2.02. The van der Waals surface area contributed by atoms with E-state index in [1.165, 1.54) is 0 Å².